The van der Waals surface area contributed by atoms with E-state index in [1.807, 2.05) is 32.0 Å². The number of nitrogens with one attached hydrogen (secondary N) is 1. The van der Waals surface area contributed by atoms with Crippen LogP contribution in [0.25, 0.3) is 0 Å². The van der Waals surface area contributed by atoms with Crippen LogP contribution in [0.2, 0.25) is 0 Å². The van der Waals surface area contributed by atoms with Gasteiger partial charge in [0.2, 0.25) is 6.10 Å². The van der Waals surface area contributed by atoms with Gasteiger partial charge in [-0.2, -0.15) is 0 Å². The molecule has 0 aliphatic heterocycles. The quantitative estimate of drug-likeness (QED) is 0.575. The molecule has 1 atom stereocenters. The molecule has 0 heterocycles. The van der Waals surface area contributed by atoms with Gasteiger partial charge in [-0.05, 0) is 61.4 Å². The smallest absolute Gasteiger partial charge is 0.345 e. The highest BCUT2D eigenvalue weighted by Gasteiger charge is 2.25. The second-order valence-electron chi connectivity index (χ2n) is 6.89. The van der Waals surface area contributed by atoms with E-state index in [1.54, 1.807) is 30.3 Å². The van der Waals surface area contributed by atoms with Crippen molar-refractivity contribution in [1.29, 1.82) is 0 Å². The zero-order chi connectivity index (χ0) is 21.5. The van der Waals surface area contributed by atoms with Gasteiger partial charge in [-0.3, -0.25) is 4.79 Å². The molecule has 0 fully saturated rings. The van der Waals surface area contributed by atoms with Gasteiger partial charge in [0.25, 0.3) is 5.91 Å². The van der Waals surface area contributed by atoms with Gasteiger partial charge < -0.3 is 14.8 Å². The molecule has 1 N–H and O–H groups in total. The summed E-state index contributed by atoms with van der Waals surface area (Å²) in [6.07, 6.45) is -1.17. The summed E-state index contributed by atoms with van der Waals surface area (Å²) in [6, 6.07) is 19.6. The molecule has 0 unspecified atom stereocenters. The van der Waals surface area contributed by atoms with Gasteiger partial charge in [-0.1, -0.05) is 36.4 Å². The number of halogens is 1. The molecule has 6 heteroatoms. The summed E-state index contributed by atoms with van der Waals surface area (Å²) in [7, 11) is 0. The monoisotopic (exact) mass is 407 g/mol. The zero-order valence-corrected chi connectivity index (χ0v) is 16.7. The minimum atomic E-state index is -1.17. The molecule has 3 rings (SSSR count). The number of ether oxygens (including phenoxy) is 2. The molecule has 0 radical (unpaired) electrons. The molecule has 0 aliphatic carbocycles. The van der Waals surface area contributed by atoms with Crippen LogP contribution in [-0.4, -0.2) is 18.5 Å². The van der Waals surface area contributed by atoms with Crippen molar-refractivity contribution in [2.75, 3.05) is 11.9 Å². The van der Waals surface area contributed by atoms with Crippen LogP contribution in [0, 0.1) is 19.7 Å². The standard InChI is InChI=1S/C24H22FNO4/c1-16-12-17(2)14-21(13-16)29-15-22(27)30-23(18-6-4-3-5-7-18)24(28)26-20-10-8-19(25)9-11-20/h3-14,23H,15H2,1-2H3,(H,26,28)/t23-/m1/s1. The summed E-state index contributed by atoms with van der Waals surface area (Å²) in [6.45, 7) is 3.53. The second kappa shape index (κ2) is 9.69. The fourth-order valence-electron chi connectivity index (χ4n) is 2.97. The summed E-state index contributed by atoms with van der Waals surface area (Å²) < 4.78 is 24.1. The highest BCUT2D eigenvalue weighted by atomic mass is 19.1. The van der Waals surface area contributed by atoms with Gasteiger partial charge in [0, 0.05) is 11.3 Å². The topological polar surface area (TPSA) is 64.6 Å². The van der Waals surface area contributed by atoms with Gasteiger partial charge in [-0.15, -0.1) is 0 Å². The van der Waals surface area contributed by atoms with Crippen LogP contribution < -0.4 is 10.1 Å². The number of esters is 1. The summed E-state index contributed by atoms with van der Waals surface area (Å²) in [4.78, 5) is 25.2. The number of carbonyl (C=O) groups is 2. The molecule has 30 heavy (non-hydrogen) atoms. The van der Waals surface area contributed by atoms with Crippen molar-refractivity contribution in [3.05, 3.63) is 95.3 Å². The van der Waals surface area contributed by atoms with Crippen LogP contribution in [0.15, 0.2) is 72.8 Å². The average Bonchev–Trinajstić information content (AvgIpc) is 2.72. The van der Waals surface area contributed by atoms with Gasteiger partial charge >= 0.3 is 5.97 Å². The molecule has 3 aromatic rings. The van der Waals surface area contributed by atoms with E-state index in [0.717, 1.165) is 11.1 Å². The number of amides is 1. The Kier molecular flexibility index (Phi) is 6.80. The van der Waals surface area contributed by atoms with E-state index in [2.05, 4.69) is 5.32 Å². The Bertz CT molecular complexity index is 999. The molecular formula is C24H22FNO4. The molecule has 0 saturated carbocycles. The molecule has 0 bridgehead atoms. The number of carbonyl (C=O) groups excluding carboxylic acids is 2. The first kappa shape index (κ1) is 21.0. The Labute approximate surface area is 174 Å². The first-order chi connectivity index (χ1) is 14.4. The lowest BCUT2D eigenvalue weighted by Crippen LogP contribution is -2.28. The molecule has 0 aliphatic rings. The Morgan fingerprint density at radius 3 is 2.20 bits per heavy atom. The van der Waals surface area contributed by atoms with Gasteiger partial charge in [0.05, 0.1) is 0 Å². The van der Waals surface area contributed by atoms with Gasteiger partial charge in [0.15, 0.2) is 6.61 Å². The van der Waals surface area contributed by atoms with Crippen molar-refractivity contribution in [2.24, 2.45) is 0 Å². The highest BCUT2D eigenvalue weighted by molar-refractivity contribution is 5.96. The number of anilines is 1. The lowest BCUT2D eigenvalue weighted by atomic mass is 10.1. The number of hydrogen-bond acceptors (Lipinski definition) is 4. The maximum Gasteiger partial charge on any atom is 0.345 e. The van der Waals surface area contributed by atoms with E-state index in [0.29, 0.717) is 17.0 Å². The second-order valence-corrected chi connectivity index (χ2v) is 6.89. The molecule has 0 aromatic heterocycles. The van der Waals surface area contributed by atoms with Gasteiger partial charge in [-0.25, -0.2) is 9.18 Å². The van der Waals surface area contributed by atoms with E-state index in [9.17, 15) is 14.0 Å². The Morgan fingerprint density at radius 2 is 1.57 bits per heavy atom. The predicted molar refractivity (Wildman–Crippen MR) is 112 cm³/mol. The number of hydrogen-bond donors (Lipinski definition) is 1. The van der Waals surface area contributed by atoms with Crippen molar-refractivity contribution in [3.8, 4) is 5.75 Å². The minimum Gasteiger partial charge on any atom is -0.482 e. The first-order valence-corrected chi connectivity index (χ1v) is 9.42. The molecule has 0 spiro atoms. The maximum absolute atomic E-state index is 13.1. The molecule has 1 amide bonds. The van der Waals surface area contributed by atoms with Crippen molar-refractivity contribution >= 4 is 17.6 Å². The predicted octanol–water partition coefficient (Wildman–Crippen LogP) is 4.74. The number of aryl methyl sites for hydroxylation is 2. The number of rotatable bonds is 7. The van der Waals surface area contributed by atoms with Crippen LogP contribution in [0.1, 0.15) is 22.8 Å². The van der Waals surface area contributed by atoms with Crippen molar-refractivity contribution in [3.63, 3.8) is 0 Å². The summed E-state index contributed by atoms with van der Waals surface area (Å²) >= 11 is 0. The van der Waals surface area contributed by atoms with Crippen LogP contribution in [0.4, 0.5) is 10.1 Å². The molecule has 3 aromatic carbocycles. The van der Waals surface area contributed by atoms with E-state index in [1.165, 1.54) is 24.3 Å². The van der Waals surface area contributed by atoms with Crippen molar-refractivity contribution < 1.29 is 23.5 Å². The van der Waals surface area contributed by atoms with E-state index in [-0.39, 0.29) is 6.61 Å². The number of benzene rings is 3. The molecule has 5 nitrogen and oxygen atoms in total. The van der Waals surface area contributed by atoms with Gasteiger partial charge in [0.1, 0.15) is 11.6 Å². The Hall–Kier alpha value is -3.67. The lowest BCUT2D eigenvalue weighted by Gasteiger charge is -2.18. The minimum absolute atomic E-state index is 0.337. The molecular weight excluding hydrogens is 385 g/mol. The van der Waals surface area contributed by atoms with E-state index in [4.69, 9.17) is 9.47 Å². The van der Waals surface area contributed by atoms with Crippen LogP contribution >= 0.6 is 0 Å². The van der Waals surface area contributed by atoms with Crippen LogP contribution in [0.5, 0.6) is 5.75 Å². The summed E-state index contributed by atoms with van der Waals surface area (Å²) in [5, 5.41) is 2.64. The third-order valence-corrected chi connectivity index (χ3v) is 4.25. The zero-order valence-electron chi connectivity index (χ0n) is 16.7. The lowest BCUT2D eigenvalue weighted by molar-refractivity contribution is -0.156. The largest absolute Gasteiger partial charge is 0.482 e. The molecule has 154 valence electrons. The van der Waals surface area contributed by atoms with Crippen LogP contribution in [0.3, 0.4) is 0 Å². The summed E-state index contributed by atoms with van der Waals surface area (Å²) in [5.41, 5.74) is 2.93. The first-order valence-electron chi connectivity index (χ1n) is 9.42. The Morgan fingerprint density at radius 1 is 0.933 bits per heavy atom. The maximum atomic E-state index is 13.1. The van der Waals surface area contributed by atoms with Crippen molar-refractivity contribution in [2.45, 2.75) is 20.0 Å². The normalized spacial score (nSPS) is 11.4. The van der Waals surface area contributed by atoms with E-state index < -0.39 is 23.8 Å². The SMILES string of the molecule is Cc1cc(C)cc(OCC(=O)O[C@@H](C(=O)Nc2ccc(F)cc2)c2ccccc2)c1. The third-order valence-electron chi connectivity index (χ3n) is 4.25. The summed E-state index contributed by atoms with van der Waals surface area (Å²) in [5.74, 6) is -1.09. The molecule has 0 saturated heterocycles. The average molecular weight is 407 g/mol. The fourth-order valence-corrected chi connectivity index (χ4v) is 2.97. The highest BCUT2D eigenvalue weighted by Crippen LogP contribution is 2.21. The van der Waals surface area contributed by atoms with Crippen molar-refractivity contribution in [1.82, 2.24) is 0 Å². The fraction of sp³-hybridized carbons (Fsp3) is 0.167. The Balaban J connectivity index is 1.69. The van der Waals surface area contributed by atoms with E-state index >= 15 is 0 Å². The third kappa shape index (κ3) is 5.91. The van der Waals surface area contributed by atoms with Crippen LogP contribution in [-0.2, 0) is 14.3 Å².